The Balaban J connectivity index is 1.73. The van der Waals surface area contributed by atoms with Gasteiger partial charge in [-0.05, 0) is 37.7 Å². The summed E-state index contributed by atoms with van der Waals surface area (Å²) in [5.41, 5.74) is 3.01. The van der Waals surface area contributed by atoms with Crippen molar-refractivity contribution in [3.05, 3.63) is 16.3 Å². The van der Waals surface area contributed by atoms with E-state index in [1.807, 2.05) is 5.38 Å². The highest BCUT2D eigenvalue weighted by atomic mass is 32.1. The average Bonchev–Trinajstić information content (AvgIpc) is 2.98. The Hall–Kier alpha value is -0.660. The summed E-state index contributed by atoms with van der Waals surface area (Å²) in [6.45, 7) is 2.42. The Morgan fingerprint density at radius 1 is 1.43 bits per heavy atom. The Morgan fingerprint density at radius 2 is 2.24 bits per heavy atom. The highest BCUT2D eigenvalue weighted by molar-refractivity contribution is 7.10. The minimum absolute atomic E-state index is 0.00237. The number of hydrazine groups is 1. The van der Waals surface area contributed by atoms with E-state index in [-0.39, 0.29) is 11.6 Å². The Labute approximate surface area is 129 Å². The molecule has 5 nitrogen and oxygen atoms in total. The van der Waals surface area contributed by atoms with Gasteiger partial charge in [-0.25, -0.2) is 0 Å². The van der Waals surface area contributed by atoms with Crippen LogP contribution >= 0.6 is 11.3 Å². The van der Waals surface area contributed by atoms with Gasteiger partial charge in [0.1, 0.15) is 5.75 Å². The number of hydrogen-bond donors (Lipinski definition) is 2. The number of nitrogens with one attached hydrogen (secondary N) is 1. The van der Waals surface area contributed by atoms with Crippen LogP contribution in [-0.4, -0.2) is 32.5 Å². The normalized spacial score (nSPS) is 26.7. The second-order valence-electron chi connectivity index (χ2n) is 5.93. The van der Waals surface area contributed by atoms with Crippen molar-refractivity contribution in [1.82, 2.24) is 5.43 Å². The summed E-state index contributed by atoms with van der Waals surface area (Å²) in [7, 11) is 1.70. The van der Waals surface area contributed by atoms with Gasteiger partial charge >= 0.3 is 0 Å². The minimum Gasteiger partial charge on any atom is -0.496 e. The average molecular weight is 312 g/mol. The zero-order valence-electron chi connectivity index (χ0n) is 12.5. The fourth-order valence-electron chi connectivity index (χ4n) is 3.50. The molecule has 1 aromatic rings. The van der Waals surface area contributed by atoms with Gasteiger partial charge in [-0.1, -0.05) is 0 Å². The molecular weight excluding hydrogens is 288 g/mol. The van der Waals surface area contributed by atoms with Crippen LogP contribution in [0.3, 0.4) is 0 Å². The van der Waals surface area contributed by atoms with Crippen LogP contribution in [0.25, 0.3) is 0 Å². The highest BCUT2D eigenvalue weighted by Gasteiger charge is 2.41. The standard InChI is InChI=1S/C15H24N2O3S/c1-18-12-8-13(21-10-12)14(17-16)11-2-5-20-15(9-11)3-6-19-7-4-15/h8,10-11,14,17H,2-7,9,16H2,1H3. The van der Waals surface area contributed by atoms with Gasteiger partial charge < -0.3 is 14.2 Å². The fraction of sp³-hybridized carbons (Fsp3) is 0.733. The second-order valence-corrected chi connectivity index (χ2v) is 6.87. The molecule has 3 rings (SSSR count). The van der Waals surface area contributed by atoms with Gasteiger partial charge in [0.25, 0.3) is 0 Å². The number of thiophene rings is 1. The van der Waals surface area contributed by atoms with Crippen molar-refractivity contribution in [2.45, 2.75) is 37.3 Å². The molecule has 0 aromatic carbocycles. The van der Waals surface area contributed by atoms with Crippen LogP contribution in [-0.2, 0) is 9.47 Å². The van der Waals surface area contributed by atoms with Crippen molar-refractivity contribution in [1.29, 1.82) is 0 Å². The zero-order chi connectivity index (χ0) is 14.7. The largest absolute Gasteiger partial charge is 0.496 e. The van der Waals surface area contributed by atoms with Crippen molar-refractivity contribution < 1.29 is 14.2 Å². The van der Waals surface area contributed by atoms with E-state index >= 15 is 0 Å². The molecule has 2 fully saturated rings. The maximum atomic E-state index is 6.12. The molecule has 2 saturated heterocycles. The molecule has 0 radical (unpaired) electrons. The molecule has 2 aliphatic heterocycles. The lowest BCUT2D eigenvalue weighted by Gasteiger charge is -2.45. The minimum atomic E-state index is -0.00237. The van der Waals surface area contributed by atoms with E-state index in [0.717, 1.165) is 51.3 Å². The quantitative estimate of drug-likeness (QED) is 0.659. The van der Waals surface area contributed by atoms with Gasteiger partial charge in [-0.3, -0.25) is 11.3 Å². The summed E-state index contributed by atoms with van der Waals surface area (Å²) < 4.78 is 16.9. The van der Waals surface area contributed by atoms with Crippen LogP contribution < -0.4 is 16.0 Å². The second kappa shape index (κ2) is 6.62. The first kappa shape index (κ1) is 15.2. The topological polar surface area (TPSA) is 65.7 Å². The van der Waals surface area contributed by atoms with Crippen LogP contribution in [0.4, 0.5) is 0 Å². The SMILES string of the molecule is COc1csc(C(NN)C2CCOC3(CCOCC3)C2)c1. The van der Waals surface area contributed by atoms with Crippen LogP contribution in [0.1, 0.15) is 36.6 Å². The Morgan fingerprint density at radius 3 is 2.90 bits per heavy atom. The zero-order valence-corrected chi connectivity index (χ0v) is 13.3. The summed E-state index contributed by atoms with van der Waals surface area (Å²) in [5, 5.41) is 2.03. The first-order chi connectivity index (χ1) is 10.3. The maximum Gasteiger partial charge on any atom is 0.129 e. The first-order valence-electron chi connectivity index (χ1n) is 7.56. The number of rotatable bonds is 4. The predicted octanol–water partition coefficient (Wildman–Crippen LogP) is 2.24. The first-order valence-corrected chi connectivity index (χ1v) is 8.44. The molecule has 1 aromatic heterocycles. The summed E-state index contributed by atoms with van der Waals surface area (Å²) in [4.78, 5) is 1.24. The van der Waals surface area contributed by atoms with Gasteiger partial charge in [0.2, 0.25) is 0 Å². The summed E-state index contributed by atoms with van der Waals surface area (Å²) in [6, 6.07) is 2.25. The van der Waals surface area contributed by atoms with E-state index in [9.17, 15) is 0 Å². The predicted molar refractivity (Wildman–Crippen MR) is 82.4 cm³/mol. The number of ether oxygens (including phenoxy) is 3. The Bertz CT molecular complexity index is 454. The van der Waals surface area contributed by atoms with Crippen LogP contribution in [0.2, 0.25) is 0 Å². The molecule has 6 heteroatoms. The maximum absolute atomic E-state index is 6.12. The molecule has 118 valence electrons. The van der Waals surface area contributed by atoms with Crippen LogP contribution in [0.15, 0.2) is 11.4 Å². The summed E-state index contributed by atoms with van der Waals surface area (Å²) >= 11 is 1.70. The molecule has 2 atom stereocenters. The molecule has 21 heavy (non-hydrogen) atoms. The third kappa shape index (κ3) is 3.24. The van der Waals surface area contributed by atoms with E-state index < -0.39 is 0 Å². The van der Waals surface area contributed by atoms with Crippen molar-refractivity contribution in [2.24, 2.45) is 11.8 Å². The molecule has 3 heterocycles. The van der Waals surface area contributed by atoms with E-state index in [0.29, 0.717) is 5.92 Å². The number of hydrogen-bond acceptors (Lipinski definition) is 6. The highest BCUT2D eigenvalue weighted by Crippen LogP contribution is 2.43. The molecule has 0 amide bonds. The molecule has 0 aliphatic carbocycles. The van der Waals surface area contributed by atoms with Crippen LogP contribution in [0.5, 0.6) is 5.75 Å². The van der Waals surface area contributed by atoms with Gasteiger partial charge in [0.05, 0.1) is 18.8 Å². The van der Waals surface area contributed by atoms with Crippen molar-refractivity contribution in [3.8, 4) is 5.75 Å². The van der Waals surface area contributed by atoms with E-state index in [1.54, 1.807) is 18.4 Å². The molecule has 1 spiro atoms. The van der Waals surface area contributed by atoms with Gasteiger partial charge in [-0.15, -0.1) is 11.3 Å². The lowest BCUT2D eigenvalue weighted by molar-refractivity contribution is -0.150. The fourth-order valence-corrected chi connectivity index (χ4v) is 4.50. The lowest BCUT2D eigenvalue weighted by Crippen LogP contribution is -2.47. The summed E-state index contributed by atoms with van der Waals surface area (Å²) in [6.07, 6.45) is 4.08. The third-order valence-electron chi connectivity index (χ3n) is 4.72. The molecule has 2 unspecified atom stereocenters. The molecule has 0 saturated carbocycles. The van der Waals surface area contributed by atoms with Crippen molar-refractivity contribution in [2.75, 3.05) is 26.9 Å². The van der Waals surface area contributed by atoms with Crippen LogP contribution in [0, 0.1) is 5.92 Å². The number of nitrogens with two attached hydrogens (primary N) is 1. The van der Waals surface area contributed by atoms with Gasteiger partial charge in [-0.2, -0.15) is 0 Å². The molecule has 3 N–H and O–H groups in total. The van der Waals surface area contributed by atoms with E-state index in [4.69, 9.17) is 20.1 Å². The lowest BCUT2D eigenvalue weighted by atomic mass is 9.77. The van der Waals surface area contributed by atoms with Crippen molar-refractivity contribution >= 4 is 11.3 Å². The summed E-state index contributed by atoms with van der Waals surface area (Å²) in [5.74, 6) is 7.25. The van der Waals surface area contributed by atoms with Crippen molar-refractivity contribution in [3.63, 3.8) is 0 Å². The molecular formula is C15H24N2O3S. The Kier molecular flexibility index (Phi) is 4.81. The van der Waals surface area contributed by atoms with E-state index in [1.165, 1.54) is 4.88 Å². The van der Waals surface area contributed by atoms with Gasteiger partial charge in [0, 0.05) is 30.1 Å². The van der Waals surface area contributed by atoms with E-state index in [2.05, 4.69) is 11.5 Å². The molecule has 2 aliphatic rings. The van der Waals surface area contributed by atoms with Gasteiger partial charge in [0.15, 0.2) is 0 Å². The number of methoxy groups -OCH3 is 1. The third-order valence-corrected chi connectivity index (χ3v) is 5.72. The smallest absolute Gasteiger partial charge is 0.129 e. The monoisotopic (exact) mass is 312 g/mol. The molecule has 0 bridgehead atoms.